The maximum Gasteiger partial charge on any atom is 0.269 e. The minimum absolute atomic E-state index is 0.0564. The summed E-state index contributed by atoms with van der Waals surface area (Å²) < 4.78 is 1.58. The van der Waals surface area contributed by atoms with Crippen molar-refractivity contribution in [2.45, 2.75) is 25.8 Å². The fraction of sp³-hybridized carbons (Fsp3) is 0.333. The van der Waals surface area contributed by atoms with E-state index in [1.807, 2.05) is 0 Å². The van der Waals surface area contributed by atoms with Crippen molar-refractivity contribution in [3.63, 3.8) is 0 Å². The average molecular weight is 302 g/mol. The fourth-order valence-electron chi connectivity index (χ4n) is 2.06. The SMILES string of the molecule is O=C(Cn1cccn1)NCCCCc1ccc([N+](=O)[O-])cc1. The minimum atomic E-state index is -0.404. The molecule has 0 spiro atoms. The van der Waals surface area contributed by atoms with Crippen LogP contribution in [0, 0.1) is 10.1 Å². The molecule has 0 atom stereocenters. The number of amides is 1. The second kappa shape index (κ2) is 7.92. The molecule has 1 heterocycles. The van der Waals surface area contributed by atoms with Crippen molar-refractivity contribution in [3.8, 4) is 0 Å². The summed E-state index contributed by atoms with van der Waals surface area (Å²) in [6, 6.07) is 8.35. The van der Waals surface area contributed by atoms with E-state index in [0.717, 1.165) is 24.8 Å². The normalized spacial score (nSPS) is 10.4. The van der Waals surface area contributed by atoms with Gasteiger partial charge >= 0.3 is 0 Å². The number of carbonyl (C=O) groups excluding carboxylic acids is 1. The Bertz CT molecular complexity index is 608. The van der Waals surface area contributed by atoms with Crippen LogP contribution >= 0.6 is 0 Å². The molecule has 0 unspecified atom stereocenters. The first kappa shape index (κ1) is 15.7. The molecule has 0 saturated heterocycles. The molecule has 0 saturated carbocycles. The molecule has 0 aliphatic heterocycles. The Hall–Kier alpha value is -2.70. The summed E-state index contributed by atoms with van der Waals surface area (Å²) in [4.78, 5) is 21.8. The van der Waals surface area contributed by atoms with Gasteiger partial charge < -0.3 is 5.32 Å². The monoisotopic (exact) mass is 302 g/mol. The molecule has 0 bridgehead atoms. The van der Waals surface area contributed by atoms with Gasteiger partial charge in [0.05, 0.1) is 4.92 Å². The summed E-state index contributed by atoms with van der Waals surface area (Å²) >= 11 is 0. The summed E-state index contributed by atoms with van der Waals surface area (Å²) in [6.07, 6.45) is 6.00. The van der Waals surface area contributed by atoms with Gasteiger partial charge in [-0.3, -0.25) is 19.6 Å². The molecule has 1 aromatic carbocycles. The van der Waals surface area contributed by atoms with Gasteiger partial charge in [-0.1, -0.05) is 12.1 Å². The number of non-ortho nitro benzene ring substituents is 1. The Balaban J connectivity index is 1.60. The van der Waals surface area contributed by atoms with E-state index < -0.39 is 4.92 Å². The predicted molar refractivity (Wildman–Crippen MR) is 81.3 cm³/mol. The van der Waals surface area contributed by atoms with Crippen LogP contribution in [0.4, 0.5) is 5.69 Å². The molecule has 1 amide bonds. The van der Waals surface area contributed by atoms with E-state index in [9.17, 15) is 14.9 Å². The summed E-state index contributed by atoms with van der Waals surface area (Å²) in [5.41, 5.74) is 1.17. The van der Waals surface area contributed by atoms with E-state index in [4.69, 9.17) is 0 Å². The zero-order valence-corrected chi connectivity index (χ0v) is 12.1. The van der Waals surface area contributed by atoms with Crippen molar-refractivity contribution in [2.75, 3.05) is 6.54 Å². The first-order valence-corrected chi connectivity index (χ1v) is 7.12. The number of carbonyl (C=O) groups is 1. The van der Waals surface area contributed by atoms with Crippen LogP contribution < -0.4 is 5.32 Å². The number of aromatic nitrogens is 2. The van der Waals surface area contributed by atoms with Gasteiger partial charge in [0, 0.05) is 31.1 Å². The van der Waals surface area contributed by atoms with E-state index in [2.05, 4.69) is 10.4 Å². The molecule has 116 valence electrons. The molecule has 1 aromatic heterocycles. The molecule has 2 rings (SSSR count). The third kappa shape index (κ3) is 5.01. The van der Waals surface area contributed by atoms with Crippen molar-refractivity contribution in [2.24, 2.45) is 0 Å². The lowest BCUT2D eigenvalue weighted by Crippen LogP contribution is -2.28. The maximum atomic E-state index is 11.6. The minimum Gasteiger partial charge on any atom is -0.354 e. The third-order valence-corrected chi connectivity index (χ3v) is 3.23. The molecule has 22 heavy (non-hydrogen) atoms. The zero-order valence-electron chi connectivity index (χ0n) is 12.1. The zero-order chi connectivity index (χ0) is 15.8. The first-order chi connectivity index (χ1) is 10.6. The summed E-state index contributed by atoms with van der Waals surface area (Å²) in [5.74, 6) is -0.0564. The number of hydrogen-bond acceptors (Lipinski definition) is 4. The van der Waals surface area contributed by atoms with Gasteiger partial charge in [0.15, 0.2) is 0 Å². The molecule has 7 nitrogen and oxygen atoms in total. The van der Waals surface area contributed by atoms with E-state index in [0.29, 0.717) is 6.54 Å². The van der Waals surface area contributed by atoms with Crippen LogP contribution in [0.2, 0.25) is 0 Å². The number of nitro groups is 1. The highest BCUT2D eigenvalue weighted by Crippen LogP contribution is 2.13. The fourth-order valence-corrected chi connectivity index (χ4v) is 2.06. The smallest absolute Gasteiger partial charge is 0.269 e. The number of nitrogens with zero attached hydrogens (tertiary/aromatic N) is 3. The van der Waals surface area contributed by atoms with Gasteiger partial charge in [-0.25, -0.2) is 0 Å². The van der Waals surface area contributed by atoms with Gasteiger partial charge in [-0.05, 0) is 30.9 Å². The lowest BCUT2D eigenvalue weighted by molar-refractivity contribution is -0.384. The molecule has 0 radical (unpaired) electrons. The Labute approximate surface area is 128 Å². The van der Waals surface area contributed by atoms with Crippen LogP contribution in [0.3, 0.4) is 0 Å². The largest absolute Gasteiger partial charge is 0.354 e. The van der Waals surface area contributed by atoms with E-state index >= 15 is 0 Å². The highest BCUT2D eigenvalue weighted by atomic mass is 16.6. The second-order valence-electron chi connectivity index (χ2n) is 4.93. The number of nitrogens with one attached hydrogen (secondary N) is 1. The lowest BCUT2D eigenvalue weighted by atomic mass is 10.1. The van der Waals surface area contributed by atoms with Crippen LogP contribution in [0.5, 0.6) is 0 Å². The summed E-state index contributed by atoms with van der Waals surface area (Å²) in [6.45, 7) is 0.850. The Morgan fingerprint density at radius 1 is 1.27 bits per heavy atom. The Morgan fingerprint density at radius 2 is 2.05 bits per heavy atom. The van der Waals surface area contributed by atoms with Crippen molar-refractivity contribution in [3.05, 3.63) is 58.4 Å². The van der Waals surface area contributed by atoms with Gasteiger partial charge in [-0.2, -0.15) is 5.10 Å². The number of rotatable bonds is 8. The molecule has 2 aromatic rings. The van der Waals surface area contributed by atoms with Crippen LogP contribution in [-0.2, 0) is 17.8 Å². The van der Waals surface area contributed by atoms with Crippen LogP contribution in [0.1, 0.15) is 18.4 Å². The molecule has 0 fully saturated rings. The number of unbranched alkanes of at least 4 members (excludes halogenated alkanes) is 1. The van der Waals surface area contributed by atoms with Gasteiger partial charge in [0.2, 0.25) is 5.91 Å². The summed E-state index contributed by atoms with van der Waals surface area (Å²) in [5, 5.41) is 17.4. The van der Waals surface area contributed by atoms with E-state index in [1.165, 1.54) is 12.1 Å². The Kier molecular flexibility index (Phi) is 5.65. The summed E-state index contributed by atoms with van der Waals surface area (Å²) in [7, 11) is 0. The topological polar surface area (TPSA) is 90.1 Å². The van der Waals surface area contributed by atoms with Gasteiger partial charge in [-0.15, -0.1) is 0 Å². The Morgan fingerprint density at radius 3 is 2.68 bits per heavy atom. The van der Waals surface area contributed by atoms with Crippen LogP contribution in [0.25, 0.3) is 0 Å². The van der Waals surface area contributed by atoms with Crippen LogP contribution in [-0.4, -0.2) is 27.2 Å². The quantitative estimate of drug-likeness (QED) is 0.458. The first-order valence-electron chi connectivity index (χ1n) is 7.12. The molecule has 0 aliphatic rings. The van der Waals surface area contributed by atoms with Gasteiger partial charge in [0.25, 0.3) is 5.69 Å². The molecule has 1 N–H and O–H groups in total. The van der Waals surface area contributed by atoms with Crippen molar-refractivity contribution >= 4 is 11.6 Å². The number of aryl methyl sites for hydroxylation is 1. The number of nitro benzene ring substituents is 1. The lowest BCUT2D eigenvalue weighted by Gasteiger charge is -2.05. The highest BCUT2D eigenvalue weighted by molar-refractivity contribution is 5.75. The molecule has 7 heteroatoms. The third-order valence-electron chi connectivity index (χ3n) is 3.23. The second-order valence-corrected chi connectivity index (χ2v) is 4.93. The molecular formula is C15H18N4O3. The standard InChI is InChI=1S/C15H18N4O3/c20-15(12-18-11-3-10-17-18)16-9-2-1-4-13-5-7-14(8-6-13)19(21)22/h3,5-8,10-11H,1-2,4,9,12H2,(H,16,20). The molecular weight excluding hydrogens is 284 g/mol. The average Bonchev–Trinajstić information content (AvgIpc) is 3.00. The van der Waals surface area contributed by atoms with Crippen molar-refractivity contribution in [1.29, 1.82) is 0 Å². The van der Waals surface area contributed by atoms with E-state index in [1.54, 1.807) is 35.3 Å². The number of hydrogen-bond donors (Lipinski definition) is 1. The molecule has 0 aliphatic carbocycles. The van der Waals surface area contributed by atoms with Gasteiger partial charge in [0.1, 0.15) is 6.54 Å². The highest BCUT2D eigenvalue weighted by Gasteiger charge is 2.04. The van der Waals surface area contributed by atoms with Crippen molar-refractivity contribution in [1.82, 2.24) is 15.1 Å². The maximum absolute atomic E-state index is 11.6. The predicted octanol–water partition coefficient (Wildman–Crippen LogP) is 1.93. The van der Waals surface area contributed by atoms with E-state index in [-0.39, 0.29) is 18.1 Å². The number of benzene rings is 1. The van der Waals surface area contributed by atoms with Crippen LogP contribution in [0.15, 0.2) is 42.7 Å². The van der Waals surface area contributed by atoms with Crippen molar-refractivity contribution < 1.29 is 9.72 Å².